The first kappa shape index (κ1) is 7.31. The molecule has 0 radical (unpaired) electrons. The Morgan fingerprint density at radius 3 is 2.78 bits per heavy atom. The summed E-state index contributed by atoms with van der Waals surface area (Å²) in [5.41, 5.74) is 0.123. The second-order valence-electron chi connectivity index (χ2n) is 2.78. The van der Waals surface area contributed by atoms with E-state index in [1.165, 1.54) is 0 Å². The predicted molar refractivity (Wildman–Crippen MR) is 42.6 cm³/mol. The highest BCUT2D eigenvalue weighted by Crippen LogP contribution is 2.30. The van der Waals surface area contributed by atoms with Crippen molar-refractivity contribution in [3.05, 3.63) is 0 Å². The van der Waals surface area contributed by atoms with E-state index in [4.69, 9.17) is 4.74 Å². The van der Waals surface area contributed by atoms with Crippen LogP contribution < -0.4 is 0 Å². The zero-order chi connectivity index (χ0) is 6.91. The monoisotopic (exact) mass is 240 g/mol. The Labute approximate surface area is 68.1 Å². The molecule has 0 aromatic carbocycles. The Morgan fingerprint density at radius 2 is 2.56 bits per heavy atom. The number of halogens is 1. The maximum atomic E-state index is 10.6. The van der Waals surface area contributed by atoms with Crippen molar-refractivity contribution in [1.82, 2.24) is 0 Å². The van der Waals surface area contributed by atoms with Crippen molar-refractivity contribution >= 4 is 28.6 Å². The standard InChI is InChI=1S/C6H9IO2/c1-6(3-7)2-5(8)9-4-6/h2-4H2,1H3. The van der Waals surface area contributed by atoms with E-state index in [-0.39, 0.29) is 11.4 Å². The van der Waals surface area contributed by atoms with Gasteiger partial charge >= 0.3 is 5.97 Å². The van der Waals surface area contributed by atoms with E-state index in [9.17, 15) is 4.79 Å². The van der Waals surface area contributed by atoms with Crippen molar-refractivity contribution in [2.45, 2.75) is 13.3 Å². The Morgan fingerprint density at radius 1 is 1.89 bits per heavy atom. The smallest absolute Gasteiger partial charge is 0.306 e. The van der Waals surface area contributed by atoms with Crippen molar-refractivity contribution < 1.29 is 9.53 Å². The van der Waals surface area contributed by atoms with E-state index < -0.39 is 0 Å². The molecule has 0 amide bonds. The molecular formula is C6H9IO2. The molecule has 2 nitrogen and oxygen atoms in total. The molecule has 52 valence electrons. The number of hydrogen-bond donors (Lipinski definition) is 0. The van der Waals surface area contributed by atoms with Crippen LogP contribution in [0.5, 0.6) is 0 Å². The van der Waals surface area contributed by atoms with Crippen LogP contribution in [0, 0.1) is 5.41 Å². The first-order valence-corrected chi connectivity index (χ1v) is 4.40. The fraction of sp³-hybridized carbons (Fsp3) is 0.833. The summed E-state index contributed by atoms with van der Waals surface area (Å²) in [6, 6.07) is 0. The number of esters is 1. The Bertz CT molecular complexity index is 135. The fourth-order valence-electron chi connectivity index (χ4n) is 0.791. The molecule has 0 bridgehead atoms. The number of carbonyl (C=O) groups is 1. The summed E-state index contributed by atoms with van der Waals surface area (Å²) in [7, 11) is 0. The van der Waals surface area contributed by atoms with Gasteiger partial charge in [-0.3, -0.25) is 4.79 Å². The molecule has 1 heterocycles. The molecule has 1 aliphatic heterocycles. The third kappa shape index (κ3) is 1.56. The summed E-state index contributed by atoms with van der Waals surface area (Å²) in [5.74, 6) is -0.0471. The lowest BCUT2D eigenvalue weighted by atomic mass is 9.93. The van der Waals surface area contributed by atoms with Crippen molar-refractivity contribution in [3.8, 4) is 0 Å². The first-order chi connectivity index (χ1) is 4.16. The van der Waals surface area contributed by atoms with Crippen LogP contribution in [0.1, 0.15) is 13.3 Å². The number of hydrogen-bond acceptors (Lipinski definition) is 2. The lowest BCUT2D eigenvalue weighted by Crippen LogP contribution is -2.17. The van der Waals surface area contributed by atoms with Crippen LogP contribution in [0.2, 0.25) is 0 Å². The predicted octanol–water partition coefficient (Wildman–Crippen LogP) is 1.37. The maximum absolute atomic E-state index is 10.6. The van der Waals surface area contributed by atoms with Gasteiger partial charge in [0.05, 0.1) is 13.0 Å². The number of rotatable bonds is 1. The third-order valence-electron chi connectivity index (χ3n) is 1.48. The van der Waals surface area contributed by atoms with Crippen LogP contribution in [0.15, 0.2) is 0 Å². The second kappa shape index (κ2) is 2.44. The average molecular weight is 240 g/mol. The summed E-state index contributed by atoms with van der Waals surface area (Å²) in [5, 5.41) is 0. The summed E-state index contributed by atoms with van der Waals surface area (Å²) in [4.78, 5) is 10.6. The lowest BCUT2D eigenvalue weighted by Gasteiger charge is -2.14. The second-order valence-corrected chi connectivity index (χ2v) is 3.54. The fourth-order valence-corrected chi connectivity index (χ4v) is 1.28. The van der Waals surface area contributed by atoms with Gasteiger partial charge in [0.15, 0.2) is 0 Å². The molecule has 3 heteroatoms. The van der Waals surface area contributed by atoms with Crippen LogP contribution in [0.4, 0.5) is 0 Å². The van der Waals surface area contributed by atoms with Crippen molar-refractivity contribution in [2.75, 3.05) is 11.0 Å². The normalized spacial score (nSPS) is 34.7. The summed E-state index contributed by atoms with van der Waals surface area (Å²) in [6.45, 7) is 2.68. The molecule has 0 N–H and O–H groups in total. The Kier molecular flexibility index (Phi) is 1.98. The molecule has 0 aliphatic carbocycles. The largest absolute Gasteiger partial charge is 0.465 e. The topological polar surface area (TPSA) is 26.3 Å². The highest BCUT2D eigenvalue weighted by Gasteiger charge is 2.34. The lowest BCUT2D eigenvalue weighted by molar-refractivity contribution is -0.137. The molecule has 1 rings (SSSR count). The summed E-state index contributed by atoms with van der Waals surface area (Å²) >= 11 is 2.28. The van der Waals surface area contributed by atoms with Crippen molar-refractivity contribution in [1.29, 1.82) is 0 Å². The third-order valence-corrected chi connectivity index (χ3v) is 3.32. The SMILES string of the molecule is CC1(CI)COC(=O)C1. The van der Waals surface area contributed by atoms with Gasteiger partial charge in [-0.15, -0.1) is 0 Å². The molecule has 1 aliphatic rings. The molecule has 1 atom stereocenters. The molecule has 1 unspecified atom stereocenters. The minimum atomic E-state index is -0.0471. The summed E-state index contributed by atoms with van der Waals surface area (Å²) in [6.07, 6.45) is 0.593. The van der Waals surface area contributed by atoms with Gasteiger partial charge in [-0.25, -0.2) is 0 Å². The van der Waals surface area contributed by atoms with E-state index in [0.29, 0.717) is 13.0 Å². The van der Waals surface area contributed by atoms with E-state index in [2.05, 4.69) is 29.5 Å². The molecule has 0 spiro atoms. The summed E-state index contributed by atoms with van der Waals surface area (Å²) < 4.78 is 5.81. The van der Waals surface area contributed by atoms with Gasteiger partial charge in [-0.2, -0.15) is 0 Å². The van der Waals surface area contributed by atoms with E-state index in [0.717, 1.165) is 4.43 Å². The molecule has 1 saturated heterocycles. The Balaban J connectivity index is 2.54. The van der Waals surface area contributed by atoms with Crippen LogP contribution in [-0.4, -0.2) is 17.0 Å². The Hall–Kier alpha value is 0.200. The average Bonchev–Trinajstić information content (AvgIpc) is 2.13. The van der Waals surface area contributed by atoms with Gasteiger partial charge in [0.2, 0.25) is 0 Å². The van der Waals surface area contributed by atoms with Crippen LogP contribution in [-0.2, 0) is 9.53 Å². The molecular weight excluding hydrogens is 231 g/mol. The van der Waals surface area contributed by atoms with Crippen molar-refractivity contribution in [3.63, 3.8) is 0 Å². The van der Waals surface area contributed by atoms with Crippen LogP contribution >= 0.6 is 22.6 Å². The van der Waals surface area contributed by atoms with Gasteiger partial charge in [0, 0.05) is 9.84 Å². The quantitative estimate of drug-likeness (QED) is 0.393. The van der Waals surface area contributed by atoms with Crippen LogP contribution in [0.3, 0.4) is 0 Å². The zero-order valence-electron chi connectivity index (χ0n) is 5.32. The molecule has 0 aromatic heterocycles. The highest BCUT2D eigenvalue weighted by molar-refractivity contribution is 14.1. The maximum Gasteiger partial charge on any atom is 0.306 e. The van der Waals surface area contributed by atoms with Gasteiger partial charge in [0.25, 0.3) is 0 Å². The van der Waals surface area contributed by atoms with Gasteiger partial charge in [0.1, 0.15) is 0 Å². The van der Waals surface area contributed by atoms with E-state index in [1.807, 2.05) is 0 Å². The van der Waals surface area contributed by atoms with Crippen LogP contribution in [0.25, 0.3) is 0 Å². The number of ether oxygens (including phenoxy) is 1. The van der Waals surface area contributed by atoms with Gasteiger partial charge < -0.3 is 4.74 Å². The molecule has 9 heavy (non-hydrogen) atoms. The number of cyclic esters (lactones) is 1. The van der Waals surface area contributed by atoms with E-state index in [1.54, 1.807) is 0 Å². The first-order valence-electron chi connectivity index (χ1n) is 2.88. The molecule has 0 saturated carbocycles. The number of carbonyl (C=O) groups excluding carboxylic acids is 1. The van der Waals surface area contributed by atoms with E-state index >= 15 is 0 Å². The molecule has 1 fully saturated rings. The van der Waals surface area contributed by atoms with Crippen molar-refractivity contribution in [2.24, 2.45) is 5.41 Å². The van der Waals surface area contributed by atoms with Gasteiger partial charge in [-0.05, 0) is 0 Å². The minimum Gasteiger partial charge on any atom is -0.465 e. The van der Waals surface area contributed by atoms with Gasteiger partial charge in [-0.1, -0.05) is 29.5 Å². The number of alkyl halides is 1. The minimum absolute atomic E-state index is 0.0471. The highest BCUT2D eigenvalue weighted by atomic mass is 127. The zero-order valence-corrected chi connectivity index (χ0v) is 7.47. The molecule has 0 aromatic rings.